The standard InChI is InChI=1S/C15H16N4O6/c1-24-18-10(5-3-7-12(18)20)14(22)16-9-17-15(23)11-6-4-8-13(21)19(11)25-2/h3-8H,9H2,1-2H3,(H,16,22)(H,17,23). The Morgan fingerprint density at radius 1 is 0.840 bits per heavy atom. The van der Waals surface area contributed by atoms with Gasteiger partial charge in [-0.15, -0.1) is 9.46 Å². The summed E-state index contributed by atoms with van der Waals surface area (Å²) >= 11 is 0. The normalized spacial score (nSPS) is 10.0. The highest BCUT2D eigenvalue weighted by atomic mass is 16.7. The van der Waals surface area contributed by atoms with E-state index in [1.807, 2.05) is 0 Å². The number of pyridine rings is 2. The van der Waals surface area contributed by atoms with Crippen LogP contribution in [0.15, 0.2) is 46.0 Å². The van der Waals surface area contributed by atoms with Crippen molar-refractivity contribution in [2.24, 2.45) is 0 Å². The summed E-state index contributed by atoms with van der Waals surface area (Å²) < 4.78 is 1.63. The van der Waals surface area contributed by atoms with Gasteiger partial charge in [0.1, 0.15) is 25.6 Å². The predicted octanol–water partition coefficient (Wildman–Crippen LogP) is -1.76. The van der Waals surface area contributed by atoms with E-state index in [4.69, 9.17) is 9.68 Å². The molecule has 0 radical (unpaired) electrons. The van der Waals surface area contributed by atoms with Crippen molar-refractivity contribution in [2.45, 2.75) is 0 Å². The van der Waals surface area contributed by atoms with E-state index in [9.17, 15) is 19.2 Å². The molecule has 132 valence electrons. The van der Waals surface area contributed by atoms with Crippen LogP contribution in [-0.4, -0.2) is 42.2 Å². The molecule has 10 heteroatoms. The second-order valence-electron chi connectivity index (χ2n) is 4.64. The van der Waals surface area contributed by atoms with Crippen LogP contribution in [0.2, 0.25) is 0 Å². The van der Waals surface area contributed by atoms with Gasteiger partial charge in [-0.1, -0.05) is 12.1 Å². The second kappa shape index (κ2) is 7.81. The number of carbonyl (C=O) groups is 2. The Bertz CT molecular complexity index is 828. The highest BCUT2D eigenvalue weighted by Crippen LogP contribution is 1.95. The Balaban J connectivity index is 2.04. The molecule has 25 heavy (non-hydrogen) atoms. The minimum atomic E-state index is -0.628. The van der Waals surface area contributed by atoms with Crippen LogP contribution in [-0.2, 0) is 0 Å². The first-order valence-electron chi connectivity index (χ1n) is 7.09. The van der Waals surface area contributed by atoms with E-state index in [-0.39, 0.29) is 18.1 Å². The van der Waals surface area contributed by atoms with E-state index in [1.54, 1.807) is 0 Å². The maximum absolute atomic E-state index is 12.1. The largest absolute Gasteiger partial charge is 0.413 e. The fourth-order valence-corrected chi connectivity index (χ4v) is 2.05. The van der Waals surface area contributed by atoms with E-state index in [0.29, 0.717) is 0 Å². The van der Waals surface area contributed by atoms with Crippen molar-refractivity contribution < 1.29 is 19.3 Å². The predicted molar refractivity (Wildman–Crippen MR) is 86.2 cm³/mol. The van der Waals surface area contributed by atoms with Gasteiger partial charge in [0.15, 0.2) is 0 Å². The van der Waals surface area contributed by atoms with Gasteiger partial charge >= 0.3 is 0 Å². The zero-order valence-electron chi connectivity index (χ0n) is 13.5. The number of carbonyl (C=O) groups excluding carboxylic acids is 2. The highest BCUT2D eigenvalue weighted by Gasteiger charge is 2.15. The van der Waals surface area contributed by atoms with Crippen LogP contribution in [0.4, 0.5) is 0 Å². The number of nitrogens with one attached hydrogen (secondary N) is 2. The lowest BCUT2D eigenvalue weighted by Crippen LogP contribution is -2.42. The lowest BCUT2D eigenvalue weighted by molar-refractivity contribution is 0.0849. The first-order chi connectivity index (χ1) is 12.0. The molecule has 0 unspecified atom stereocenters. The van der Waals surface area contributed by atoms with Crippen LogP contribution in [0.25, 0.3) is 0 Å². The topological polar surface area (TPSA) is 121 Å². The van der Waals surface area contributed by atoms with Crippen LogP contribution in [0, 0.1) is 0 Å². The van der Waals surface area contributed by atoms with Gasteiger partial charge in [-0.05, 0) is 12.1 Å². The summed E-state index contributed by atoms with van der Waals surface area (Å²) in [5, 5.41) is 4.83. The Hall–Kier alpha value is -3.56. The molecule has 10 nitrogen and oxygen atoms in total. The Morgan fingerprint density at radius 3 is 1.60 bits per heavy atom. The van der Waals surface area contributed by atoms with Crippen LogP contribution < -0.4 is 31.4 Å². The van der Waals surface area contributed by atoms with Crippen LogP contribution in [0.1, 0.15) is 21.0 Å². The minimum absolute atomic E-state index is 0.0299. The monoisotopic (exact) mass is 348 g/mol. The Kier molecular flexibility index (Phi) is 5.56. The van der Waals surface area contributed by atoms with Gasteiger partial charge in [0.25, 0.3) is 22.9 Å². The van der Waals surface area contributed by atoms with Gasteiger partial charge in [0.05, 0.1) is 6.67 Å². The summed E-state index contributed by atoms with van der Waals surface area (Å²) in [5.41, 5.74) is -1.07. The fraction of sp³-hybridized carbons (Fsp3) is 0.200. The lowest BCUT2D eigenvalue weighted by Gasteiger charge is -2.12. The summed E-state index contributed by atoms with van der Waals surface area (Å²) in [4.78, 5) is 57.0. The number of amides is 2. The molecule has 0 atom stereocenters. The van der Waals surface area contributed by atoms with E-state index in [1.165, 1.54) is 50.6 Å². The van der Waals surface area contributed by atoms with Crippen molar-refractivity contribution >= 4 is 11.8 Å². The molecular weight excluding hydrogens is 332 g/mol. The number of nitrogens with zero attached hydrogens (tertiary/aromatic N) is 2. The summed E-state index contributed by atoms with van der Waals surface area (Å²) in [6, 6.07) is 8.08. The number of hydrogen-bond donors (Lipinski definition) is 2. The van der Waals surface area contributed by atoms with Gasteiger partial charge in [-0.3, -0.25) is 19.2 Å². The molecular formula is C15H16N4O6. The second-order valence-corrected chi connectivity index (χ2v) is 4.64. The molecule has 0 aliphatic carbocycles. The summed E-state index contributed by atoms with van der Waals surface area (Å²) in [5.74, 6) is -1.26. The van der Waals surface area contributed by atoms with Gasteiger partial charge in [-0.2, -0.15) is 0 Å². The van der Waals surface area contributed by atoms with Crippen LogP contribution in [0.5, 0.6) is 0 Å². The van der Waals surface area contributed by atoms with E-state index >= 15 is 0 Å². The minimum Gasteiger partial charge on any atom is -0.413 e. The number of rotatable bonds is 6. The molecule has 0 saturated carbocycles. The average molecular weight is 348 g/mol. The van der Waals surface area contributed by atoms with Gasteiger partial charge in [-0.25, -0.2) is 0 Å². The smallest absolute Gasteiger partial charge is 0.283 e. The molecule has 0 saturated heterocycles. The van der Waals surface area contributed by atoms with Crippen molar-refractivity contribution in [2.75, 3.05) is 20.9 Å². The van der Waals surface area contributed by atoms with Crippen molar-refractivity contribution in [3.63, 3.8) is 0 Å². The quantitative estimate of drug-likeness (QED) is 0.597. The molecule has 0 aliphatic rings. The van der Waals surface area contributed by atoms with E-state index in [2.05, 4.69) is 10.6 Å². The van der Waals surface area contributed by atoms with Gasteiger partial charge in [0.2, 0.25) is 0 Å². The zero-order valence-corrected chi connectivity index (χ0v) is 13.5. The van der Waals surface area contributed by atoms with Crippen molar-refractivity contribution in [1.82, 2.24) is 20.1 Å². The number of hydrogen-bond acceptors (Lipinski definition) is 6. The molecule has 2 rings (SSSR count). The fourth-order valence-electron chi connectivity index (χ4n) is 2.05. The highest BCUT2D eigenvalue weighted by molar-refractivity contribution is 5.94. The van der Waals surface area contributed by atoms with E-state index in [0.717, 1.165) is 9.46 Å². The Labute approximate surface area is 141 Å². The lowest BCUT2D eigenvalue weighted by atomic mass is 10.3. The summed E-state index contributed by atoms with van der Waals surface area (Å²) in [7, 11) is 2.50. The number of aromatic nitrogens is 2. The maximum Gasteiger partial charge on any atom is 0.283 e. The van der Waals surface area contributed by atoms with Crippen molar-refractivity contribution in [3.8, 4) is 0 Å². The summed E-state index contributed by atoms with van der Waals surface area (Å²) in [6.07, 6.45) is 0. The third-order valence-corrected chi connectivity index (χ3v) is 3.15. The molecule has 2 aromatic heterocycles. The third kappa shape index (κ3) is 3.86. The molecule has 2 heterocycles. The van der Waals surface area contributed by atoms with Crippen LogP contribution in [0.3, 0.4) is 0 Å². The SMILES string of the molecule is COn1c(C(=O)NCNC(=O)c2cccc(=O)n2OC)cccc1=O. The molecule has 2 amide bonds. The zero-order chi connectivity index (χ0) is 18.4. The van der Waals surface area contributed by atoms with Gasteiger partial charge < -0.3 is 20.3 Å². The third-order valence-electron chi connectivity index (χ3n) is 3.15. The molecule has 2 N–H and O–H groups in total. The molecule has 0 spiro atoms. The van der Waals surface area contributed by atoms with Crippen LogP contribution >= 0.6 is 0 Å². The maximum atomic E-state index is 12.1. The molecule has 0 fully saturated rings. The summed E-state index contributed by atoms with van der Waals surface area (Å²) in [6.45, 7) is -0.239. The van der Waals surface area contributed by atoms with Crippen molar-refractivity contribution in [1.29, 1.82) is 0 Å². The molecule has 0 bridgehead atoms. The first kappa shape index (κ1) is 17.8. The molecule has 0 aliphatic heterocycles. The van der Waals surface area contributed by atoms with Gasteiger partial charge in [0, 0.05) is 12.1 Å². The first-order valence-corrected chi connectivity index (χ1v) is 7.09. The molecule has 0 aromatic carbocycles. The van der Waals surface area contributed by atoms with Crippen molar-refractivity contribution in [3.05, 3.63) is 68.5 Å². The average Bonchev–Trinajstić information content (AvgIpc) is 2.60. The Morgan fingerprint density at radius 2 is 1.24 bits per heavy atom. The van der Waals surface area contributed by atoms with E-state index < -0.39 is 22.9 Å². The molecule has 2 aromatic rings.